The minimum absolute atomic E-state index is 0.795. The Morgan fingerprint density at radius 2 is 1.48 bits per heavy atom. The van der Waals surface area contributed by atoms with E-state index >= 15 is 0 Å². The number of aromatic nitrogens is 3. The summed E-state index contributed by atoms with van der Waals surface area (Å²) in [7, 11) is 0. The number of pyridine rings is 1. The number of hydrogen-bond acceptors (Lipinski definition) is 2. The van der Waals surface area contributed by atoms with Crippen LogP contribution in [0, 0.1) is 13.8 Å². The van der Waals surface area contributed by atoms with Gasteiger partial charge >= 0.3 is 6.48 Å². The molecule has 0 saturated heterocycles. The third kappa shape index (κ3) is 2.18. The van der Waals surface area contributed by atoms with Gasteiger partial charge in [-0.25, -0.2) is 4.98 Å². The Balaban J connectivity index is 1.94. The predicted octanol–water partition coefficient (Wildman–Crippen LogP) is 2.27. The summed E-state index contributed by atoms with van der Waals surface area (Å²) in [5, 5.41) is 0. The summed E-state index contributed by atoms with van der Waals surface area (Å²) in [6, 6.07) is 27.1. The van der Waals surface area contributed by atoms with Crippen LogP contribution in [0.25, 0.3) is 5.82 Å². The molecular weight excluding hydrogens is 333 g/mol. The number of rotatable bonds is 2. The highest BCUT2D eigenvalue weighted by molar-refractivity contribution is 6.91. The first-order valence-corrected chi connectivity index (χ1v) is 9.23. The van der Waals surface area contributed by atoms with Gasteiger partial charge in [0.15, 0.2) is 5.69 Å². The molecule has 1 aliphatic rings. The zero-order valence-electron chi connectivity index (χ0n) is 15.4. The van der Waals surface area contributed by atoms with Gasteiger partial charge in [-0.15, -0.1) is 0 Å². The Labute approximate surface area is 158 Å². The van der Waals surface area contributed by atoms with E-state index in [2.05, 4.69) is 82.7 Å². The molecule has 3 heterocycles. The summed E-state index contributed by atoms with van der Waals surface area (Å²) in [6.07, 6.45) is 1.81. The van der Waals surface area contributed by atoms with E-state index in [4.69, 9.17) is 4.65 Å². The molecule has 0 radical (unpaired) electrons. The smallest absolute Gasteiger partial charge is 0.535 e. The summed E-state index contributed by atoms with van der Waals surface area (Å²) in [5.74, 6) is 1.62. The van der Waals surface area contributed by atoms with Crippen LogP contribution in [-0.2, 0) is 0 Å². The second-order valence-corrected chi connectivity index (χ2v) is 7.09. The molecule has 0 bridgehead atoms. The topological polar surface area (TPSA) is 30.9 Å². The minimum atomic E-state index is -1.70. The van der Waals surface area contributed by atoms with Crippen molar-refractivity contribution in [1.82, 2.24) is 9.67 Å². The number of fused-ring (bicyclic) bond motifs is 3. The maximum absolute atomic E-state index is 6.85. The first-order valence-electron chi connectivity index (χ1n) is 9.23. The first kappa shape index (κ1) is 15.9. The van der Waals surface area contributed by atoms with Crippen LogP contribution >= 0.6 is 0 Å². The third-order valence-electron chi connectivity index (χ3n) is 5.42. The Morgan fingerprint density at radius 3 is 2.11 bits per heavy atom. The largest absolute Gasteiger partial charge is 0.647 e. The van der Waals surface area contributed by atoms with Gasteiger partial charge in [0.1, 0.15) is 5.75 Å². The highest BCUT2D eigenvalue weighted by Gasteiger charge is 2.52. The average Bonchev–Trinajstić information content (AvgIpc) is 3.03. The number of nitrogens with zero attached hydrogens (tertiary/aromatic N) is 3. The molecule has 5 heteroatoms. The lowest BCUT2D eigenvalue weighted by Gasteiger charge is -2.40. The molecule has 2 aromatic heterocycles. The van der Waals surface area contributed by atoms with E-state index < -0.39 is 6.48 Å². The van der Waals surface area contributed by atoms with Crippen LogP contribution in [-0.4, -0.2) is 16.1 Å². The van der Waals surface area contributed by atoms with Gasteiger partial charge < -0.3 is 4.65 Å². The Kier molecular flexibility index (Phi) is 3.44. The lowest BCUT2D eigenvalue weighted by Crippen LogP contribution is -2.86. The van der Waals surface area contributed by atoms with Crippen molar-refractivity contribution in [1.29, 1.82) is 0 Å². The Morgan fingerprint density at radius 1 is 0.852 bits per heavy atom. The van der Waals surface area contributed by atoms with E-state index in [0.29, 0.717) is 0 Å². The molecule has 0 unspecified atom stereocenters. The minimum Gasteiger partial charge on any atom is -0.647 e. The molecule has 5 rings (SSSR count). The second kappa shape index (κ2) is 5.84. The summed E-state index contributed by atoms with van der Waals surface area (Å²) in [6.45, 7) is 2.54. The van der Waals surface area contributed by atoms with Gasteiger partial charge in [0.25, 0.3) is 0 Å². The first-order chi connectivity index (χ1) is 13.2. The van der Waals surface area contributed by atoms with Gasteiger partial charge in [0.2, 0.25) is 5.82 Å². The maximum atomic E-state index is 6.85. The monoisotopic (exact) mass is 353 g/mol. The van der Waals surface area contributed by atoms with E-state index in [1.807, 2.05) is 30.5 Å². The van der Waals surface area contributed by atoms with Crippen LogP contribution in [0.15, 0.2) is 85.1 Å². The Bertz CT molecular complexity index is 1080. The van der Waals surface area contributed by atoms with E-state index in [1.165, 1.54) is 0 Å². The molecule has 132 valence electrons. The van der Waals surface area contributed by atoms with Gasteiger partial charge in [-0.1, -0.05) is 71.6 Å². The molecule has 0 aliphatic carbocycles. The molecular formula is C22H20BN3O. The zero-order valence-corrected chi connectivity index (χ0v) is 15.4. The highest BCUT2D eigenvalue weighted by Crippen LogP contribution is 2.28. The normalized spacial score (nSPS) is 14.1. The number of aryl methyl sites for hydroxylation is 2. The number of benzene rings is 2. The average molecular weight is 353 g/mol. The third-order valence-corrected chi connectivity index (χ3v) is 5.42. The standard InChI is InChI=1S/C22H20BN3O/c1-17-16-18(2)26-23(19-10-5-3-6-11-19,20-12-7-4-8-13-20)27-21-14-9-15-24-22(21)25(17)26/h3-16H,1-2H3. The predicted molar refractivity (Wildman–Crippen MR) is 107 cm³/mol. The fourth-order valence-electron chi connectivity index (χ4n) is 4.38. The molecule has 0 amide bonds. The highest BCUT2D eigenvalue weighted by atomic mass is 16.5. The van der Waals surface area contributed by atoms with E-state index in [0.717, 1.165) is 33.9 Å². The molecule has 0 spiro atoms. The molecule has 4 aromatic rings. The van der Waals surface area contributed by atoms with Crippen molar-refractivity contribution < 1.29 is 9.25 Å². The van der Waals surface area contributed by atoms with Crippen molar-refractivity contribution in [3.63, 3.8) is 0 Å². The molecule has 4 nitrogen and oxygen atoms in total. The summed E-state index contributed by atoms with van der Waals surface area (Å²) in [5.41, 5.74) is 4.53. The lowest BCUT2D eigenvalue weighted by atomic mass is 9.41. The summed E-state index contributed by atoms with van der Waals surface area (Å²) in [4.78, 5) is 4.61. The molecule has 0 N–H and O–H groups in total. The lowest BCUT2D eigenvalue weighted by molar-refractivity contribution is -0.643. The van der Waals surface area contributed by atoms with Crippen molar-refractivity contribution >= 4 is 17.4 Å². The van der Waals surface area contributed by atoms with Crippen molar-refractivity contribution in [3.05, 3.63) is 96.4 Å². The van der Waals surface area contributed by atoms with Crippen LogP contribution in [0.4, 0.5) is 0 Å². The fraction of sp³-hybridized carbons (Fsp3) is 0.0909. The van der Waals surface area contributed by atoms with Crippen LogP contribution in [0.5, 0.6) is 5.75 Å². The van der Waals surface area contributed by atoms with Gasteiger partial charge in [-0.05, 0) is 19.1 Å². The molecule has 0 fully saturated rings. The van der Waals surface area contributed by atoms with Crippen LogP contribution in [0.1, 0.15) is 11.4 Å². The van der Waals surface area contributed by atoms with Crippen molar-refractivity contribution in [2.45, 2.75) is 13.8 Å². The van der Waals surface area contributed by atoms with Gasteiger partial charge in [-0.3, -0.25) is 4.59 Å². The zero-order chi connectivity index (χ0) is 18.4. The van der Waals surface area contributed by atoms with Gasteiger partial charge in [0, 0.05) is 19.2 Å². The Hall–Kier alpha value is -3.34. The fourth-order valence-corrected chi connectivity index (χ4v) is 4.38. The van der Waals surface area contributed by atoms with Crippen LogP contribution < -0.4 is 20.2 Å². The van der Waals surface area contributed by atoms with Crippen molar-refractivity contribution in [3.8, 4) is 11.6 Å². The van der Waals surface area contributed by atoms with E-state index in [1.54, 1.807) is 0 Å². The number of hydrogen-bond donors (Lipinski definition) is 0. The van der Waals surface area contributed by atoms with E-state index in [-0.39, 0.29) is 0 Å². The summed E-state index contributed by atoms with van der Waals surface area (Å²) >= 11 is 0. The van der Waals surface area contributed by atoms with E-state index in [9.17, 15) is 0 Å². The summed E-state index contributed by atoms with van der Waals surface area (Å²) < 4.78 is 11.3. The van der Waals surface area contributed by atoms with Crippen molar-refractivity contribution in [2.75, 3.05) is 0 Å². The van der Waals surface area contributed by atoms with Gasteiger partial charge in [-0.2, -0.15) is 4.68 Å². The van der Waals surface area contributed by atoms with Crippen LogP contribution in [0.2, 0.25) is 0 Å². The quantitative estimate of drug-likeness (QED) is 0.518. The van der Waals surface area contributed by atoms with Gasteiger partial charge in [0.05, 0.1) is 5.69 Å². The molecule has 0 atom stereocenters. The van der Waals surface area contributed by atoms with Crippen LogP contribution in [0.3, 0.4) is 0 Å². The second-order valence-electron chi connectivity index (χ2n) is 7.09. The molecule has 2 aromatic carbocycles. The molecule has 27 heavy (non-hydrogen) atoms. The SMILES string of the molecule is Cc1cc(C)[n+]2n1-c1ncccc1O[B-]2(c1ccccc1)c1ccccc1. The molecule has 0 saturated carbocycles. The van der Waals surface area contributed by atoms with Crippen molar-refractivity contribution in [2.24, 2.45) is 0 Å². The molecule has 1 aliphatic heterocycles. The maximum Gasteiger partial charge on any atom is 0.535 e.